The van der Waals surface area contributed by atoms with Crippen molar-refractivity contribution in [2.45, 2.75) is 32.9 Å². The van der Waals surface area contributed by atoms with Gasteiger partial charge in [-0.15, -0.1) is 11.8 Å². The highest BCUT2D eigenvalue weighted by Gasteiger charge is 2.35. The molecule has 20 heavy (non-hydrogen) atoms. The van der Waals surface area contributed by atoms with Gasteiger partial charge in [0.25, 0.3) is 0 Å². The van der Waals surface area contributed by atoms with Gasteiger partial charge in [-0.3, -0.25) is 0 Å². The fourth-order valence-corrected chi connectivity index (χ4v) is 3.42. The Morgan fingerprint density at radius 3 is 2.80 bits per heavy atom. The number of aliphatic carboxylic acids is 1. The molecule has 2 rings (SSSR count). The Morgan fingerprint density at radius 1 is 1.55 bits per heavy atom. The van der Waals surface area contributed by atoms with Crippen molar-refractivity contribution in [1.29, 1.82) is 0 Å². The van der Waals surface area contributed by atoms with Crippen LogP contribution < -0.4 is 5.32 Å². The molecule has 0 saturated carbocycles. The molecule has 1 fully saturated rings. The van der Waals surface area contributed by atoms with E-state index in [1.54, 1.807) is 0 Å². The Bertz CT molecular complexity index is 528. The SMILES string of the molecule is Cc1cc(C(C)NC(=O)N2CSCC2C(=O)O)c(C)o1. The van der Waals surface area contributed by atoms with Crippen molar-refractivity contribution in [3.63, 3.8) is 0 Å². The van der Waals surface area contributed by atoms with Gasteiger partial charge in [-0.05, 0) is 26.8 Å². The van der Waals surface area contributed by atoms with Gasteiger partial charge >= 0.3 is 12.0 Å². The summed E-state index contributed by atoms with van der Waals surface area (Å²) in [6, 6.07) is 0.556. The number of thioether (sulfide) groups is 1. The maximum atomic E-state index is 12.2. The van der Waals surface area contributed by atoms with E-state index in [2.05, 4.69) is 5.32 Å². The zero-order valence-electron chi connectivity index (χ0n) is 11.7. The van der Waals surface area contributed by atoms with Crippen LogP contribution in [-0.4, -0.2) is 39.7 Å². The van der Waals surface area contributed by atoms with E-state index in [9.17, 15) is 9.59 Å². The number of furan rings is 1. The van der Waals surface area contributed by atoms with E-state index in [0.717, 1.165) is 17.1 Å². The Kier molecular flexibility index (Phi) is 4.27. The molecule has 1 aromatic rings. The van der Waals surface area contributed by atoms with Crippen molar-refractivity contribution in [1.82, 2.24) is 10.2 Å². The van der Waals surface area contributed by atoms with Gasteiger partial charge in [0.05, 0.1) is 11.9 Å². The molecule has 0 bridgehead atoms. The second kappa shape index (κ2) is 5.78. The Hall–Kier alpha value is -1.63. The van der Waals surface area contributed by atoms with Crippen LogP contribution in [0, 0.1) is 13.8 Å². The van der Waals surface area contributed by atoms with Gasteiger partial charge < -0.3 is 19.7 Å². The van der Waals surface area contributed by atoms with E-state index < -0.39 is 12.0 Å². The Labute approximate surface area is 121 Å². The molecule has 1 aliphatic rings. The molecule has 1 saturated heterocycles. The van der Waals surface area contributed by atoms with Crippen LogP contribution in [0.4, 0.5) is 4.79 Å². The number of carboxylic acid groups (broad SMARTS) is 1. The maximum Gasteiger partial charge on any atom is 0.327 e. The molecule has 0 spiro atoms. The van der Waals surface area contributed by atoms with Gasteiger partial charge in [0, 0.05) is 11.3 Å². The fraction of sp³-hybridized carbons (Fsp3) is 0.538. The summed E-state index contributed by atoms with van der Waals surface area (Å²) in [5.74, 6) is 1.42. The Morgan fingerprint density at radius 2 is 2.25 bits per heavy atom. The lowest BCUT2D eigenvalue weighted by atomic mass is 10.1. The van der Waals surface area contributed by atoms with Gasteiger partial charge in [0.1, 0.15) is 17.6 Å². The lowest BCUT2D eigenvalue weighted by Crippen LogP contribution is -2.47. The second-order valence-electron chi connectivity index (χ2n) is 4.86. The van der Waals surface area contributed by atoms with Crippen LogP contribution in [-0.2, 0) is 4.79 Å². The van der Waals surface area contributed by atoms with Gasteiger partial charge in [-0.25, -0.2) is 9.59 Å². The van der Waals surface area contributed by atoms with Crippen LogP contribution in [0.2, 0.25) is 0 Å². The summed E-state index contributed by atoms with van der Waals surface area (Å²) in [6.45, 7) is 5.55. The van der Waals surface area contributed by atoms with Crippen LogP contribution in [0.15, 0.2) is 10.5 Å². The molecule has 0 aromatic carbocycles. The number of aryl methyl sites for hydroxylation is 2. The lowest BCUT2D eigenvalue weighted by molar-refractivity contribution is -0.140. The summed E-state index contributed by atoms with van der Waals surface area (Å²) in [5, 5.41) is 11.9. The summed E-state index contributed by atoms with van der Waals surface area (Å²) >= 11 is 1.44. The molecule has 6 nitrogen and oxygen atoms in total. The van der Waals surface area contributed by atoms with Crippen molar-refractivity contribution in [2.24, 2.45) is 0 Å². The molecule has 7 heteroatoms. The molecule has 2 unspecified atom stereocenters. The minimum atomic E-state index is -0.965. The van der Waals surface area contributed by atoms with Crippen molar-refractivity contribution < 1.29 is 19.1 Å². The number of carbonyl (C=O) groups is 2. The Balaban J connectivity index is 2.04. The van der Waals surface area contributed by atoms with Crippen molar-refractivity contribution >= 4 is 23.8 Å². The van der Waals surface area contributed by atoms with Crippen molar-refractivity contribution in [2.75, 3.05) is 11.6 Å². The van der Waals surface area contributed by atoms with E-state index in [1.165, 1.54) is 16.7 Å². The maximum absolute atomic E-state index is 12.2. The summed E-state index contributed by atoms with van der Waals surface area (Å²) in [6.07, 6.45) is 0. The second-order valence-corrected chi connectivity index (χ2v) is 5.86. The zero-order chi connectivity index (χ0) is 14.9. The number of nitrogens with one attached hydrogen (secondary N) is 1. The average Bonchev–Trinajstić information content (AvgIpc) is 2.95. The van der Waals surface area contributed by atoms with Crippen LogP contribution in [0.5, 0.6) is 0 Å². The molecule has 1 aromatic heterocycles. The van der Waals surface area contributed by atoms with Crippen LogP contribution in [0.3, 0.4) is 0 Å². The van der Waals surface area contributed by atoms with E-state index in [0.29, 0.717) is 11.6 Å². The number of amides is 2. The molecule has 0 radical (unpaired) electrons. The summed E-state index contributed by atoms with van der Waals surface area (Å²) in [4.78, 5) is 24.6. The number of urea groups is 1. The van der Waals surface area contributed by atoms with E-state index >= 15 is 0 Å². The topological polar surface area (TPSA) is 82.8 Å². The third kappa shape index (κ3) is 2.92. The van der Waals surface area contributed by atoms with Crippen LogP contribution in [0.25, 0.3) is 0 Å². The van der Waals surface area contributed by atoms with Crippen molar-refractivity contribution in [3.05, 3.63) is 23.2 Å². The van der Waals surface area contributed by atoms with E-state index in [1.807, 2.05) is 26.8 Å². The number of carbonyl (C=O) groups excluding carboxylic acids is 1. The molecule has 2 atom stereocenters. The molecule has 2 N–H and O–H groups in total. The monoisotopic (exact) mass is 298 g/mol. The zero-order valence-corrected chi connectivity index (χ0v) is 12.5. The van der Waals surface area contributed by atoms with Gasteiger partial charge in [0.15, 0.2) is 0 Å². The highest BCUT2D eigenvalue weighted by atomic mass is 32.2. The molecule has 2 heterocycles. The largest absolute Gasteiger partial charge is 0.480 e. The highest BCUT2D eigenvalue weighted by Crippen LogP contribution is 2.24. The molecule has 110 valence electrons. The average molecular weight is 298 g/mol. The molecule has 0 aliphatic carbocycles. The third-order valence-corrected chi connectivity index (χ3v) is 4.33. The lowest BCUT2D eigenvalue weighted by Gasteiger charge is -2.23. The predicted molar refractivity (Wildman–Crippen MR) is 75.7 cm³/mol. The number of nitrogens with zero attached hydrogens (tertiary/aromatic N) is 1. The molecular formula is C13H18N2O4S. The first-order chi connectivity index (χ1) is 9.40. The third-order valence-electron chi connectivity index (χ3n) is 3.31. The summed E-state index contributed by atoms with van der Waals surface area (Å²) in [7, 11) is 0. The van der Waals surface area contributed by atoms with Crippen molar-refractivity contribution in [3.8, 4) is 0 Å². The first-order valence-corrected chi connectivity index (χ1v) is 7.50. The molecular weight excluding hydrogens is 280 g/mol. The first-order valence-electron chi connectivity index (χ1n) is 6.34. The van der Waals surface area contributed by atoms with Gasteiger partial charge in [-0.1, -0.05) is 0 Å². The standard InChI is InChI=1S/C13H18N2O4S/c1-7-4-10(9(3)19-7)8(2)14-13(18)15-6-20-5-11(15)12(16)17/h4,8,11H,5-6H2,1-3H3,(H,14,18)(H,16,17). The normalized spacial score (nSPS) is 19.9. The fourth-order valence-electron chi connectivity index (χ4n) is 2.27. The smallest absolute Gasteiger partial charge is 0.327 e. The summed E-state index contributed by atoms with van der Waals surface area (Å²) in [5.41, 5.74) is 0.912. The number of hydrogen-bond donors (Lipinski definition) is 2. The van der Waals surface area contributed by atoms with E-state index in [-0.39, 0.29) is 12.1 Å². The van der Waals surface area contributed by atoms with Gasteiger partial charge in [-0.2, -0.15) is 0 Å². The highest BCUT2D eigenvalue weighted by molar-refractivity contribution is 7.99. The minimum absolute atomic E-state index is 0.222. The minimum Gasteiger partial charge on any atom is -0.480 e. The van der Waals surface area contributed by atoms with Gasteiger partial charge in [0.2, 0.25) is 0 Å². The number of rotatable bonds is 3. The van der Waals surface area contributed by atoms with E-state index in [4.69, 9.17) is 9.52 Å². The first kappa shape index (κ1) is 14.8. The quantitative estimate of drug-likeness (QED) is 0.893. The van der Waals surface area contributed by atoms with Crippen LogP contribution >= 0.6 is 11.8 Å². The summed E-state index contributed by atoms with van der Waals surface area (Å²) < 4.78 is 5.44. The van der Waals surface area contributed by atoms with Crippen LogP contribution in [0.1, 0.15) is 30.0 Å². The number of hydrogen-bond acceptors (Lipinski definition) is 4. The molecule has 1 aliphatic heterocycles. The molecule has 2 amide bonds. The number of carboxylic acids is 1. The predicted octanol–water partition coefficient (Wildman–Crippen LogP) is 2.13.